The van der Waals surface area contributed by atoms with E-state index in [0.29, 0.717) is 5.39 Å². The number of primary amides is 1. The average Bonchev–Trinajstić information content (AvgIpc) is 2.36. The van der Waals surface area contributed by atoms with Crippen molar-refractivity contribution < 1.29 is 14.3 Å². The summed E-state index contributed by atoms with van der Waals surface area (Å²) in [5.41, 5.74) is 5.72. The number of hydrogen-bond donors (Lipinski definition) is 1. The summed E-state index contributed by atoms with van der Waals surface area (Å²) < 4.78 is 4.63. The van der Waals surface area contributed by atoms with Gasteiger partial charge in [-0.1, -0.05) is 30.3 Å². The molecule has 0 unspecified atom stereocenters. The van der Waals surface area contributed by atoms with Gasteiger partial charge in [-0.25, -0.2) is 4.79 Å². The molecule has 0 bridgehead atoms. The number of amides is 1. The molecule has 86 valence electrons. The summed E-state index contributed by atoms with van der Waals surface area (Å²) in [6.07, 6.45) is 0. The summed E-state index contributed by atoms with van der Waals surface area (Å²) in [4.78, 5) is 23.0. The molecule has 4 heteroatoms. The first-order valence-electron chi connectivity index (χ1n) is 5.05. The first-order valence-corrected chi connectivity index (χ1v) is 5.05. The third-order valence-corrected chi connectivity index (χ3v) is 2.58. The summed E-state index contributed by atoms with van der Waals surface area (Å²) in [6, 6.07) is 10.5. The molecule has 2 N–H and O–H groups in total. The van der Waals surface area contributed by atoms with Crippen molar-refractivity contribution in [1.82, 2.24) is 0 Å². The van der Waals surface area contributed by atoms with Crippen molar-refractivity contribution in [2.24, 2.45) is 5.73 Å². The van der Waals surface area contributed by atoms with Crippen LogP contribution in [0.4, 0.5) is 0 Å². The molecule has 2 aromatic rings. The molecule has 0 aliphatic heterocycles. The van der Waals surface area contributed by atoms with Gasteiger partial charge < -0.3 is 10.5 Å². The molecular formula is C13H11NO3. The Morgan fingerprint density at radius 1 is 1.12 bits per heavy atom. The third-order valence-electron chi connectivity index (χ3n) is 2.58. The smallest absolute Gasteiger partial charge is 0.338 e. The van der Waals surface area contributed by atoms with Gasteiger partial charge in [-0.2, -0.15) is 0 Å². The van der Waals surface area contributed by atoms with Crippen molar-refractivity contribution in [3.05, 3.63) is 47.5 Å². The van der Waals surface area contributed by atoms with Crippen LogP contribution in [0.3, 0.4) is 0 Å². The third kappa shape index (κ3) is 1.85. The van der Waals surface area contributed by atoms with Crippen LogP contribution in [0.2, 0.25) is 0 Å². The highest BCUT2D eigenvalue weighted by molar-refractivity contribution is 6.13. The van der Waals surface area contributed by atoms with Crippen molar-refractivity contribution >= 4 is 22.6 Å². The van der Waals surface area contributed by atoms with E-state index < -0.39 is 11.9 Å². The Kier molecular flexibility index (Phi) is 2.78. The van der Waals surface area contributed by atoms with Crippen molar-refractivity contribution in [2.45, 2.75) is 0 Å². The van der Waals surface area contributed by atoms with Gasteiger partial charge >= 0.3 is 5.97 Å². The summed E-state index contributed by atoms with van der Waals surface area (Å²) in [7, 11) is 1.27. The number of benzene rings is 2. The maximum Gasteiger partial charge on any atom is 0.338 e. The van der Waals surface area contributed by atoms with Gasteiger partial charge in [0.1, 0.15) is 0 Å². The van der Waals surface area contributed by atoms with Gasteiger partial charge in [0.2, 0.25) is 5.91 Å². The van der Waals surface area contributed by atoms with Gasteiger partial charge in [0.25, 0.3) is 0 Å². The SMILES string of the molecule is COC(=O)c1ccc2ccccc2c1C(N)=O. The second-order valence-electron chi connectivity index (χ2n) is 3.57. The molecule has 4 nitrogen and oxygen atoms in total. The summed E-state index contributed by atoms with van der Waals surface area (Å²) in [5, 5.41) is 1.51. The number of nitrogens with two attached hydrogens (primary N) is 1. The molecule has 0 saturated carbocycles. The molecule has 0 heterocycles. The Morgan fingerprint density at radius 3 is 2.47 bits per heavy atom. The second kappa shape index (κ2) is 4.25. The lowest BCUT2D eigenvalue weighted by Gasteiger charge is -2.08. The highest BCUT2D eigenvalue weighted by atomic mass is 16.5. The average molecular weight is 229 g/mol. The number of methoxy groups -OCH3 is 1. The highest BCUT2D eigenvalue weighted by Gasteiger charge is 2.18. The molecular weight excluding hydrogens is 218 g/mol. The van der Waals surface area contributed by atoms with Crippen molar-refractivity contribution in [2.75, 3.05) is 7.11 Å². The molecule has 0 aliphatic rings. The van der Waals surface area contributed by atoms with E-state index in [0.717, 1.165) is 5.39 Å². The minimum atomic E-state index is -0.637. The van der Waals surface area contributed by atoms with Crippen molar-refractivity contribution in [1.29, 1.82) is 0 Å². The molecule has 2 rings (SSSR count). The lowest BCUT2D eigenvalue weighted by Crippen LogP contribution is -2.17. The first kappa shape index (κ1) is 11.1. The van der Waals surface area contributed by atoms with E-state index in [-0.39, 0.29) is 11.1 Å². The Hall–Kier alpha value is -2.36. The number of fused-ring (bicyclic) bond motifs is 1. The quantitative estimate of drug-likeness (QED) is 0.797. The largest absolute Gasteiger partial charge is 0.465 e. The van der Waals surface area contributed by atoms with E-state index in [2.05, 4.69) is 4.74 Å². The van der Waals surface area contributed by atoms with Crippen molar-refractivity contribution in [3.8, 4) is 0 Å². The van der Waals surface area contributed by atoms with Crippen LogP contribution in [-0.4, -0.2) is 19.0 Å². The van der Waals surface area contributed by atoms with E-state index in [1.54, 1.807) is 24.3 Å². The zero-order valence-electron chi connectivity index (χ0n) is 9.27. The first-order chi connectivity index (χ1) is 8.15. The van der Waals surface area contributed by atoms with Crippen LogP contribution in [-0.2, 0) is 4.74 Å². The second-order valence-corrected chi connectivity index (χ2v) is 3.57. The monoisotopic (exact) mass is 229 g/mol. The predicted molar refractivity (Wildman–Crippen MR) is 63.8 cm³/mol. The van der Waals surface area contributed by atoms with Gasteiger partial charge in [-0.05, 0) is 16.8 Å². The van der Waals surface area contributed by atoms with Crippen LogP contribution in [0.5, 0.6) is 0 Å². The maximum atomic E-state index is 11.6. The zero-order chi connectivity index (χ0) is 12.4. The number of hydrogen-bond acceptors (Lipinski definition) is 3. The predicted octanol–water partition coefficient (Wildman–Crippen LogP) is 1.73. The standard InChI is InChI=1S/C13H11NO3/c1-17-13(16)10-7-6-8-4-2-3-5-9(8)11(10)12(14)15/h2-7H,1H3,(H2,14,15). The Bertz CT molecular complexity index is 605. The molecule has 0 fully saturated rings. The molecule has 17 heavy (non-hydrogen) atoms. The Labute approximate surface area is 98.0 Å². The topological polar surface area (TPSA) is 69.4 Å². The number of rotatable bonds is 2. The number of ether oxygens (including phenoxy) is 1. The molecule has 0 radical (unpaired) electrons. The zero-order valence-corrected chi connectivity index (χ0v) is 9.27. The van der Waals surface area contributed by atoms with Gasteiger partial charge in [0, 0.05) is 0 Å². The van der Waals surface area contributed by atoms with Crippen LogP contribution in [0.25, 0.3) is 10.8 Å². The summed E-state index contributed by atoms with van der Waals surface area (Å²) in [6.45, 7) is 0. The van der Waals surface area contributed by atoms with Gasteiger partial charge in [0.15, 0.2) is 0 Å². The van der Waals surface area contributed by atoms with E-state index in [1.807, 2.05) is 12.1 Å². The van der Waals surface area contributed by atoms with Crippen LogP contribution in [0.15, 0.2) is 36.4 Å². The van der Waals surface area contributed by atoms with Gasteiger partial charge in [-0.15, -0.1) is 0 Å². The van der Waals surface area contributed by atoms with E-state index in [4.69, 9.17) is 5.73 Å². The molecule has 1 amide bonds. The number of esters is 1. The number of carbonyl (C=O) groups excluding carboxylic acids is 2. The Balaban J connectivity index is 2.82. The van der Waals surface area contributed by atoms with Crippen LogP contribution in [0.1, 0.15) is 20.7 Å². The normalized spacial score (nSPS) is 10.2. The minimum absolute atomic E-state index is 0.193. The lowest BCUT2D eigenvalue weighted by atomic mass is 9.98. The number of carbonyl (C=O) groups is 2. The molecule has 0 saturated heterocycles. The Morgan fingerprint density at radius 2 is 1.82 bits per heavy atom. The summed E-state index contributed by atoms with van der Waals surface area (Å²) >= 11 is 0. The van der Waals surface area contributed by atoms with E-state index in [9.17, 15) is 9.59 Å². The van der Waals surface area contributed by atoms with Crippen LogP contribution < -0.4 is 5.73 Å². The maximum absolute atomic E-state index is 11.6. The van der Waals surface area contributed by atoms with Gasteiger partial charge in [-0.3, -0.25) is 4.79 Å². The fourth-order valence-corrected chi connectivity index (χ4v) is 1.82. The molecule has 2 aromatic carbocycles. The molecule has 0 atom stereocenters. The molecule has 0 aliphatic carbocycles. The lowest BCUT2D eigenvalue weighted by molar-refractivity contribution is 0.0597. The van der Waals surface area contributed by atoms with Gasteiger partial charge in [0.05, 0.1) is 18.2 Å². The fraction of sp³-hybridized carbons (Fsp3) is 0.0769. The van der Waals surface area contributed by atoms with E-state index in [1.165, 1.54) is 7.11 Å². The van der Waals surface area contributed by atoms with E-state index >= 15 is 0 Å². The molecule has 0 spiro atoms. The van der Waals surface area contributed by atoms with Crippen molar-refractivity contribution in [3.63, 3.8) is 0 Å². The minimum Gasteiger partial charge on any atom is -0.465 e. The fourth-order valence-electron chi connectivity index (χ4n) is 1.82. The highest BCUT2D eigenvalue weighted by Crippen LogP contribution is 2.22. The van der Waals surface area contributed by atoms with Crippen LogP contribution >= 0.6 is 0 Å². The summed E-state index contributed by atoms with van der Waals surface area (Å²) in [5.74, 6) is -1.20. The van der Waals surface area contributed by atoms with Crippen LogP contribution in [0, 0.1) is 0 Å². The molecule has 0 aromatic heterocycles.